The number of hydrogen-bond donors (Lipinski definition) is 1. The molecule has 0 bridgehead atoms. The zero-order valence-electron chi connectivity index (χ0n) is 13.8. The van der Waals surface area contributed by atoms with Gasteiger partial charge in [-0.25, -0.2) is 0 Å². The van der Waals surface area contributed by atoms with Crippen LogP contribution in [0.25, 0.3) is 10.9 Å². The Balaban J connectivity index is 2.10. The van der Waals surface area contributed by atoms with Gasteiger partial charge >= 0.3 is 0 Å². The van der Waals surface area contributed by atoms with Gasteiger partial charge in [0.15, 0.2) is 0 Å². The van der Waals surface area contributed by atoms with Crippen molar-refractivity contribution in [2.24, 2.45) is 0 Å². The Morgan fingerprint density at radius 3 is 2.16 bits per heavy atom. The average molecular weight is 341 g/mol. The van der Waals surface area contributed by atoms with Gasteiger partial charge in [-0.1, -0.05) is 0 Å². The third-order valence-electron chi connectivity index (χ3n) is 4.05. The average Bonchev–Trinajstić information content (AvgIpc) is 2.90. The zero-order chi connectivity index (χ0) is 18.3. The number of hydrogen-bond acceptors (Lipinski definition) is 6. The minimum absolute atomic E-state index is 0.00798. The highest BCUT2D eigenvalue weighted by atomic mass is 16.6. The van der Waals surface area contributed by atoms with Gasteiger partial charge in [0, 0.05) is 28.6 Å². The predicted octanol–water partition coefficient (Wildman–Crippen LogP) is 3.65. The van der Waals surface area contributed by atoms with Crippen LogP contribution in [0.2, 0.25) is 0 Å². The van der Waals surface area contributed by atoms with Gasteiger partial charge < -0.3 is 0 Å². The van der Waals surface area contributed by atoms with Crippen molar-refractivity contribution in [1.82, 2.24) is 9.89 Å². The zero-order valence-corrected chi connectivity index (χ0v) is 13.8. The quantitative estimate of drug-likeness (QED) is 0.572. The highest BCUT2D eigenvalue weighted by Gasteiger charge is 2.17. The van der Waals surface area contributed by atoms with Crippen LogP contribution in [-0.4, -0.2) is 19.7 Å². The summed E-state index contributed by atoms with van der Waals surface area (Å²) in [5.41, 5.74) is 5.88. The summed E-state index contributed by atoms with van der Waals surface area (Å²) in [4.78, 5) is 22.8. The van der Waals surface area contributed by atoms with E-state index in [1.807, 2.05) is 6.92 Å². The lowest BCUT2D eigenvalue weighted by atomic mass is 10.1. The van der Waals surface area contributed by atoms with E-state index in [0.29, 0.717) is 22.3 Å². The lowest BCUT2D eigenvalue weighted by Crippen LogP contribution is -2.12. The van der Waals surface area contributed by atoms with Crippen LogP contribution in [0, 0.1) is 41.0 Å². The van der Waals surface area contributed by atoms with Crippen molar-refractivity contribution in [3.05, 3.63) is 67.4 Å². The van der Waals surface area contributed by atoms with Gasteiger partial charge in [0.05, 0.1) is 27.2 Å². The number of aryl methyl sites for hydroxylation is 3. The molecular weight excluding hydrogens is 326 g/mol. The molecule has 1 N–H and O–H groups in total. The van der Waals surface area contributed by atoms with Crippen molar-refractivity contribution in [1.29, 1.82) is 0 Å². The number of fused-ring (bicyclic) bond motifs is 1. The molecule has 0 aliphatic rings. The monoisotopic (exact) mass is 341 g/mol. The molecular formula is C16H15N5O4. The highest BCUT2D eigenvalue weighted by molar-refractivity contribution is 5.83. The Morgan fingerprint density at radius 2 is 1.52 bits per heavy atom. The van der Waals surface area contributed by atoms with Crippen LogP contribution in [-0.2, 0) is 0 Å². The van der Waals surface area contributed by atoms with Gasteiger partial charge in [-0.2, -0.15) is 9.89 Å². The molecule has 0 radical (unpaired) electrons. The lowest BCUT2D eigenvalue weighted by Gasteiger charge is -2.11. The van der Waals surface area contributed by atoms with Crippen molar-refractivity contribution >= 4 is 28.0 Å². The van der Waals surface area contributed by atoms with E-state index >= 15 is 0 Å². The minimum atomic E-state index is -0.450. The molecule has 2 aromatic carbocycles. The molecule has 1 heterocycles. The van der Waals surface area contributed by atoms with Gasteiger partial charge in [0.25, 0.3) is 11.4 Å². The maximum Gasteiger partial charge on any atom is 0.274 e. The first-order chi connectivity index (χ1) is 11.8. The minimum Gasteiger partial charge on any atom is -0.277 e. The normalized spacial score (nSPS) is 10.8. The van der Waals surface area contributed by atoms with E-state index in [4.69, 9.17) is 0 Å². The second kappa shape index (κ2) is 5.86. The first kappa shape index (κ1) is 16.4. The molecule has 0 fully saturated rings. The SMILES string of the molecule is Cc1cc(C)c([N+](=O)[O-])cc1Nn1ncc2cc(C)c([N+](=O)[O-])cc21. The molecule has 0 atom stereocenters. The summed E-state index contributed by atoms with van der Waals surface area (Å²) in [6.45, 7) is 5.15. The van der Waals surface area contributed by atoms with Crippen LogP contribution in [0.5, 0.6) is 0 Å². The van der Waals surface area contributed by atoms with Crippen molar-refractivity contribution in [2.45, 2.75) is 20.8 Å². The Hall–Kier alpha value is -3.49. The summed E-state index contributed by atoms with van der Waals surface area (Å²) in [6, 6.07) is 6.26. The summed E-state index contributed by atoms with van der Waals surface area (Å²) in [6.07, 6.45) is 1.58. The van der Waals surface area contributed by atoms with Crippen LogP contribution in [0.3, 0.4) is 0 Å². The summed E-state index contributed by atoms with van der Waals surface area (Å²) in [5.74, 6) is 0. The molecule has 3 aromatic rings. The number of nitrogens with zero attached hydrogens (tertiary/aromatic N) is 4. The fourth-order valence-corrected chi connectivity index (χ4v) is 2.73. The Kier molecular flexibility index (Phi) is 3.84. The molecule has 0 spiro atoms. The van der Waals surface area contributed by atoms with Crippen molar-refractivity contribution in [3.63, 3.8) is 0 Å². The fraction of sp³-hybridized carbons (Fsp3) is 0.188. The van der Waals surface area contributed by atoms with Gasteiger partial charge in [-0.3, -0.25) is 25.7 Å². The van der Waals surface area contributed by atoms with Crippen LogP contribution in [0.1, 0.15) is 16.7 Å². The number of anilines is 1. The Labute approximate surface area is 142 Å². The molecule has 25 heavy (non-hydrogen) atoms. The molecule has 1 aromatic heterocycles. The van der Waals surface area contributed by atoms with E-state index in [0.717, 1.165) is 10.9 Å². The van der Waals surface area contributed by atoms with E-state index in [-0.39, 0.29) is 11.4 Å². The van der Waals surface area contributed by atoms with Crippen LogP contribution in [0.15, 0.2) is 30.5 Å². The van der Waals surface area contributed by atoms with Crippen LogP contribution in [0.4, 0.5) is 17.1 Å². The standard InChI is InChI=1S/C16H15N5O4/c1-9-4-10(2)14(20(22)23)6-13(9)18-19-16-7-15(21(24)25)11(3)5-12(16)8-17-19/h4-8,18H,1-3H3. The topological polar surface area (TPSA) is 116 Å². The summed E-state index contributed by atoms with van der Waals surface area (Å²) in [7, 11) is 0. The molecule has 0 aliphatic carbocycles. The third kappa shape index (κ3) is 2.87. The molecule has 0 aliphatic heterocycles. The number of nitro benzene ring substituents is 2. The molecule has 0 saturated heterocycles. The molecule has 0 saturated carbocycles. The summed E-state index contributed by atoms with van der Waals surface area (Å²) < 4.78 is 0. The van der Waals surface area contributed by atoms with Crippen LogP contribution < -0.4 is 5.43 Å². The van der Waals surface area contributed by atoms with E-state index in [1.54, 1.807) is 32.2 Å². The van der Waals surface area contributed by atoms with Gasteiger partial charge in [0.1, 0.15) is 0 Å². The second-order valence-corrected chi connectivity index (χ2v) is 5.83. The number of aromatic nitrogens is 2. The van der Waals surface area contributed by atoms with Crippen molar-refractivity contribution < 1.29 is 9.85 Å². The molecule has 0 unspecified atom stereocenters. The fourth-order valence-electron chi connectivity index (χ4n) is 2.73. The first-order valence-electron chi connectivity index (χ1n) is 7.43. The van der Waals surface area contributed by atoms with E-state index < -0.39 is 9.85 Å². The third-order valence-corrected chi connectivity index (χ3v) is 4.05. The second-order valence-electron chi connectivity index (χ2n) is 5.83. The predicted molar refractivity (Wildman–Crippen MR) is 92.7 cm³/mol. The Bertz CT molecular complexity index is 1030. The molecule has 0 amide bonds. The number of rotatable bonds is 4. The number of benzene rings is 2. The van der Waals surface area contributed by atoms with Gasteiger partial charge in [0.2, 0.25) is 0 Å². The van der Waals surface area contributed by atoms with Crippen LogP contribution >= 0.6 is 0 Å². The lowest BCUT2D eigenvalue weighted by molar-refractivity contribution is -0.385. The molecule has 128 valence electrons. The highest BCUT2D eigenvalue weighted by Crippen LogP contribution is 2.28. The number of nitro groups is 2. The summed E-state index contributed by atoms with van der Waals surface area (Å²) >= 11 is 0. The maximum atomic E-state index is 11.1. The van der Waals surface area contributed by atoms with Crippen molar-refractivity contribution in [3.8, 4) is 0 Å². The van der Waals surface area contributed by atoms with Gasteiger partial charge in [-0.15, -0.1) is 0 Å². The molecule has 9 heteroatoms. The number of nitrogens with one attached hydrogen (secondary N) is 1. The first-order valence-corrected chi connectivity index (χ1v) is 7.43. The van der Waals surface area contributed by atoms with E-state index in [1.165, 1.54) is 16.9 Å². The smallest absolute Gasteiger partial charge is 0.274 e. The van der Waals surface area contributed by atoms with E-state index in [2.05, 4.69) is 10.5 Å². The largest absolute Gasteiger partial charge is 0.277 e. The summed E-state index contributed by atoms with van der Waals surface area (Å²) in [5, 5.41) is 27.2. The Morgan fingerprint density at radius 1 is 0.920 bits per heavy atom. The molecule has 3 rings (SSSR count). The molecule has 9 nitrogen and oxygen atoms in total. The van der Waals surface area contributed by atoms with Gasteiger partial charge in [-0.05, 0) is 38.5 Å². The maximum absolute atomic E-state index is 11.1. The van der Waals surface area contributed by atoms with E-state index in [9.17, 15) is 20.2 Å². The van der Waals surface area contributed by atoms with Crippen molar-refractivity contribution in [2.75, 3.05) is 5.43 Å².